The average Bonchev–Trinajstić information content (AvgIpc) is 2.30. The Kier molecular flexibility index (Phi) is 5.86. The minimum atomic E-state index is -4.70. The lowest BCUT2D eigenvalue weighted by atomic mass is 10.1. The summed E-state index contributed by atoms with van der Waals surface area (Å²) >= 11 is 11.6. The first-order chi connectivity index (χ1) is 9.60. The van der Waals surface area contributed by atoms with Gasteiger partial charge in [0.25, 0.3) is 0 Å². The zero-order chi connectivity index (χ0) is 16.2. The van der Waals surface area contributed by atoms with Crippen molar-refractivity contribution in [2.75, 3.05) is 13.1 Å². The van der Waals surface area contributed by atoms with Crippen LogP contribution >= 0.6 is 23.2 Å². The van der Waals surface area contributed by atoms with E-state index in [4.69, 9.17) is 28.3 Å². The summed E-state index contributed by atoms with van der Waals surface area (Å²) < 4.78 is 37.1. The lowest BCUT2D eigenvalue weighted by Gasteiger charge is -2.22. The zero-order valence-corrected chi connectivity index (χ0v) is 12.0. The van der Waals surface area contributed by atoms with Gasteiger partial charge in [-0.15, -0.1) is 0 Å². The van der Waals surface area contributed by atoms with Crippen molar-refractivity contribution in [1.29, 1.82) is 0 Å². The maximum Gasteiger partial charge on any atom is 0.406 e. The molecule has 1 rings (SSSR count). The van der Waals surface area contributed by atoms with Crippen LogP contribution < -0.4 is 0 Å². The van der Waals surface area contributed by atoms with Crippen molar-refractivity contribution in [3.63, 3.8) is 0 Å². The van der Waals surface area contributed by atoms with Crippen molar-refractivity contribution < 1.29 is 27.9 Å². The Morgan fingerprint density at radius 2 is 1.71 bits per heavy atom. The van der Waals surface area contributed by atoms with Crippen LogP contribution in [0.15, 0.2) is 18.2 Å². The fraction of sp³-hybridized carbons (Fsp3) is 0.333. The molecule has 1 N–H and O–H groups in total. The van der Waals surface area contributed by atoms with Gasteiger partial charge in [-0.2, -0.15) is 13.2 Å². The number of aliphatic carboxylic acids is 1. The van der Waals surface area contributed by atoms with Crippen molar-refractivity contribution in [1.82, 2.24) is 4.90 Å². The minimum Gasteiger partial charge on any atom is -0.480 e. The lowest BCUT2D eigenvalue weighted by Crippen LogP contribution is -2.42. The number of carboxylic acid groups (broad SMARTS) is 1. The maximum atomic E-state index is 12.4. The molecule has 9 heteroatoms. The highest BCUT2D eigenvalue weighted by atomic mass is 35.5. The van der Waals surface area contributed by atoms with E-state index in [1.165, 1.54) is 18.2 Å². The normalized spacial score (nSPS) is 11.3. The van der Waals surface area contributed by atoms with E-state index >= 15 is 0 Å². The van der Waals surface area contributed by atoms with E-state index in [-0.39, 0.29) is 20.5 Å². The third-order valence-corrected chi connectivity index (χ3v) is 3.15. The van der Waals surface area contributed by atoms with E-state index in [1.54, 1.807) is 0 Å². The van der Waals surface area contributed by atoms with Crippen LogP contribution in [0, 0.1) is 0 Å². The monoisotopic (exact) mass is 343 g/mol. The van der Waals surface area contributed by atoms with Crippen LogP contribution in [0.3, 0.4) is 0 Å². The van der Waals surface area contributed by atoms with E-state index in [0.29, 0.717) is 0 Å². The molecule has 0 aliphatic rings. The molecule has 0 atom stereocenters. The molecular weight excluding hydrogens is 334 g/mol. The number of carbonyl (C=O) groups is 2. The second-order valence-corrected chi connectivity index (χ2v) is 4.95. The number of benzene rings is 1. The number of rotatable bonds is 5. The number of hydrogen-bond acceptors (Lipinski definition) is 2. The number of amides is 1. The van der Waals surface area contributed by atoms with Gasteiger partial charge in [0, 0.05) is 10.0 Å². The Labute approximate surface area is 128 Å². The molecular formula is C12H10Cl2F3NO3. The number of halogens is 5. The smallest absolute Gasteiger partial charge is 0.406 e. The average molecular weight is 344 g/mol. The molecule has 1 aromatic rings. The van der Waals surface area contributed by atoms with Crippen molar-refractivity contribution in [2.24, 2.45) is 0 Å². The molecule has 0 saturated heterocycles. The van der Waals surface area contributed by atoms with Crippen LogP contribution in [-0.2, 0) is 16.0 Å². The number of nitrogens with zero attached hydrogens (tertiary/aromatic N) is 1. The molecule has 1 amide bonds. The van der Waals surface area contributed by atoms with Crippen molar-refractivity contribution in [2.45, 2.75) is 12.6 Å². The molecule has 0 aliphatic heterocycles. The predicted octanol–water partition coefficient (Wildman–Crippen LogP) is 3.01. The van der Waals surface area contributed by atoms with Gasteiger partial charge < -0.3 is 10.0 Å². The highest BCUT2D eigenvalue weighted by molar-refractivity contribution is 6.36. The predicted molar refractivity (Wildman–Crippen MR) is 70.4 cm³/mol. The van der Waals surface area contributed by atoms with E-state index in [0.717, 1.165) is 0 Å². The third kappa shape index (κ3) is 5.81. The summed E-state index contributed by atoms with van der Waals surface area (Å²) in [6.45, 7) is -2.71. The van der Waals surface area contributed by atoms with Gasteiger partial charge in [0.15, 0.2) is 0 Å². The Bertz CT molecular complexity index is 529. The number of carbonyl (C=O) groups excluding carboxylic acids is 1. The fourth-order valence-corrected chi connectivity index (χ4v) is 2.11. The third-order valence-electron chi connectivity index (χ3n) is 2.44. The van der Waals surface area contributed by atoms with Gasteiger partial charge in [0.2, 0.25) is 5.91 Å². The van der Waals surface area contributed by atoms with Gasteiger partial charge in [0.1, 0.15) is 13.1 Å². The highest BCUT2D eigenvalue weighted by Gasteiger charge is 2.34. The van der Waals surface area contributed by atoms with Crippen LogP contribution in [0.1, 0.15) is 5.56 Å². The molecule has 0 radical (unpaired) electrons. The summed E-state index contributed by atoms with van der Waals surface area (Å²) in [5.74, 6) is -2.57. The first-order valence-corrected chi connectivity index (χ1v) is 6.35. The zero-order valence-electron chi connectivity index (χ0n) is 10.5. The molecule has 0 bridgehead atoms. The topological polar surface area (TPSA) is 57.6 Å². The lowest BCUT2D eigenvalue weighted by molar-refractivity contribution is -0.165. The van der Waals surface area contributed by atoms with Crippen LogP contribution in [0.25, 0.3) is 0 Å². The van der Waals surface area contributed by atoms with E-state index < -0.39 is 37.6 Å². The molecule has 21 heavy (non-hydrogen) atoms. The molecule has 0 spiro atoms. The molecule has 116 valence electrons. The fourth-order valence-electron chi connectivity index (χ4n) is 1.58. The van der Waals surface area contributed by atoms with Gasteiger partial charge >= 0.3 is 12.1 Å². The summed E-state index contributed by atoms with van der Waals surface area (Å²) in [6.07, 6.45) is -5.21. The van der Waals surface area contributed by atoms with Gasteiger partial charge in [-0.1, -0.05) is 29.3 Å². The van der Waals surface area contributed by atoms with Crippen molar-refractivity contribution in [3.05, 3.63) is 33.8 Å². The Hall–Kier alpha value is -1.47. The quantitative estimate of drug-likeness (QED) is 0.893. The second kappa shape index (κ2) is 7.00. The van der Waals surface area contributed by atoms with Crippen molar-refractivity contribution >= 4 is 35.1 Å². The largest absolute Gasteiger partial charge is 0.480 e. The molecule has 0 heterocycles. The summed E-state index contributed by atoms with van der Waals surface area (Å²) in [7, 11) is 0. The standard InChI is InChI=1S/C12H10Cl2F3NO3/c13-8-2-1-3-9(14)7(8)4-10(19)18(5-11(20)21)6-12(15,16)17/h1-3H,4-6H2,(H,20,21). The van der Waals surface area contributed by atoms with Gasteiger partial charge in [-0.3, -0.25) is 9.59 Å². The van der Waals surface area contributed by atoms with E-state index in [2.05, 4.69) is 0 Å². The Morgan fingerprint density at radius 3 is 2.14 bits per heavy atom. The molecule has 4 nitrogen and oxygen atoms in total. The first kappa shape index (κ1) is 17.6. The summed E-state index contributed by atoms with van der Waals surface area (Å²) in [4.78, 5) is 22.6. The van der Waals surface area contributed by atoms with Crippen LogP contribution in [0.4, 0.5) is 13.2 Å². The van der Waals surface area contributed by atoms with Gasteiger partial charge in [-0.25, -0.2) is 0 Å². The first-order valence-electron chi connectivity index (χ1n) is 5.59. The minimum absolute atomic E-state index is 0.123. The molecule has 0 unspecified atom stereocenters. The molecule has 0 fully saturated rings. The highest BCUT2D eigenvalue weighted by Crippen LogP contribution is 2.25. The number of carboxylic acids is 1. The van der Waals surface area contributed by atoms with Crippen molar-refractivity contribution in [3.8, 4) is 0 Å². The molecule has 0 aromatic heterocycles. The maximum absolute atomic E-state index is 12.4. The molecule has 0 aliphatic carbocycles. The summed E-state index contributed by atoms with van der Waals surface area (Å²) in [5.41, 5.74) is 0.156. The Balaban J connectivity index is 2.93. The van der Waals surface area contributed by atoms with Crippen LogP contribution in [-0.4, -0.2) is 41.1 Å². The summed E-state index contributed by atoms with van der Waals surface area (Å²) in [6, 6.07) is 4.38. The van der Waals surface area contributed by atoms with Crippen LogP contribution in [0.2, 0.25) is 10.0 Å². The Morgan fingerprint density at radius 1 is 1.19 bits per heavy atom. The van der Waals surface area contributed by atoms with Gasteiger partial charge in [0.05, 0.1) is 6.42 Å². The number of alkyl halides is 3. The van der Waals surface area contributed by atoms with E-state index in [9.17, 15) is 22.8 Å². The van der Waals surface area contributed by atoms with Gasteiger partial charge in [-0.05, 0) is 17.7 Å². The number of hydrogen-bond donors (Lipinski definition) is 1. The molecule has 0 saturated carbocycles. The van der Waals surface area contributed by atoms with E-state index in [1.807, 2.05) is 0 Å². The second-order valence-electron chi connectivity index (χ2n) is 4.14. The van der Waals surface area contributed by atoms with Crippen LogP contribution in [0.5, 0.6) is 0 Å². The summed E-state index contributed by atoms with van der Waals surface area (Å²) in [5, 5.41) is 8.84. The molecule has 1 aromatic carbocycles. The SMILES string of the molecule is O=C(O)CN(CC(F)(F)F)C(=O)Cc1c(Cl)cccc1Cl.